The van der Waals surface area contributed by atoms with E-state index in [1.807, 2.05) is 24.4 Å². The summed E-state index contributed by atoms with van der Waals surface area (Å²) in [4.78, 5) is 27.6. The Balaban J connectivity index is 1.82. The van der Waals surface area contributed by atoms with Crippen molar-refractivity contribution in [3.05, 3.63) is 58.8 Å². The molecular formula is C19H19N3O4. The molecule has 0 radical (unpaired) electrons. The van der Waals surface area contributed by atoms with Crippen molar-refractivity contribution < 1.29 is 15.0 Å². The molecule has 0 amide bonds. The van der Waals surface area contributed by atoms with E-state index >= 15 is 0 Å². The first kappa shape index (κ1) is 16.4. The molecule has 4 rings (SSSR count). The molecule has 0 saturated heterocycles. The van der Waals surface area contributed by atoms with Crippen molar-refractivity contribution in [2.24, 2.45) is 0 Å². The van der Waals surface area contributed by atoms with Crippen LogP contribution in [0.2, 0.25) is 0 Å². The Labute approximate surface area is 149 Å². The molecule has 0 aliphatic heterocycles. The molecular weight excluding hydrogens is 334 g/mol. The molecule has 3 aromatic heterocycles. The van der Waals surface area contributed by atoms with Crippen LogP contribution >= 0.6 is 0 Å². The number of aromatic hydroxyl groups is 1. The molecule has 1 saturated carbocycles. The molecule has 1 aliphatic carbocycles. The van der Waals surface area contributed by atoms with Gasteiger partial charge in [-0.1, -0.05) is 12.8 Å². The fourth-order valence-corrected chi connectivity index (χ4v) is 4.06. The Kier molecular flexibility index (Phi) is 3.79. The van der Waals surface area contributed by atoms with Crippen LogP contribution in [0.1, 0.15) is 36.0 Å². The number of rotatable bonds is 4. The average Bonchev–Trinajstić information content (AvgIpc) is 3.25. The van der Waals surface area contributed by atoms with Gasteiger partial charge in [0.25, 0.3) is 0 Å². The SMILES string of the molecule is O=C(O)c1cn(CC2(n3ccc4cccnc43)CCCC2)cc(O)c1=O. The highest BCUT2D eigenvalue weighted by Gasteiger charge is 2.37. The Morgan fingerprint density at radius 1 is 1.23 bits per heavy atom. The minimum atomic E-state index is -1.34. The highest BCUT2D eigenvalue weighted by molar-refractivity contribution is 5.87. The van der Waals surface area contributed by atoms with Crippen molar-refractivity contribution in [1.82, 2.24) is 14.1 Å². The van der Waals surface area contributed by atoms with Crippen LogP contribution < -0.4 is 5.43 Å². The molecule has 0 aromatic carbocycles. The second kappa shape index (κ2) is 6.01. The first-order valence-corrected chi connectivity index (χ1v) is 8.59. The van der Waals surface area contributed by atoms with E-state index in [9.17, 15) is 19.8 Å². The predicted octanol–water partition coefficient (Wildman–Crippen LogP) is 2.57. The maximum atomic E-state index is 11.8. The summed E-state index contributed by atoms with van der Waals surface area (Å²) in [5.41, 5.74) is -0.665. The van der Waals surface area contributed by atoms with Gasteiger partial charge in [0, 0.05) is 36.7 Å². The first-order chi connectivity index (χ1) is 12.5. The van der Waals surface area contributed by atoms with Gasteiger partial charge in [-0.3, -0.25) is 4.79 Å². The number of nitrogens with zero attached hydrogens (tertiary/aromatic N) is 3. The minimum Gasteiger partial charge on any atom is -0.503 e. The monoisotopic (exact) mass is 353 g/mol. The van der Waals surface area contributed by atoms with E-state index in [0.717, 1.165) is 36.7 Å². The molecule has 3 aromatic rings. The summed E-state index contributed by atoms with van der Waals surface area (Å²) in [5.74, 6) is -1.89. The summed E-state index contributed by atoms with van der Waals surface area (Å²) in [5, 5.41) is 20.1. The average molecular weight is 353 g/mol. The summed E-state index contributed by atoms with van der Waals surface area (Å²) in [7, 11) is 0. The zero-order valence-electron chi connectivity index (χ0n) is 14.1. The van der Waals surface area contributed by atoms with Crippen LogP contribution in [-0.2, 0) is 12.1 Å². The molecule has 1 fully saturated rings. The standard InChI is InChI=1S/C19H19N3O4/c23-15-11-21(10-14(16(15)24)18(25)26)12-19(6-1-2-7-19)22-9-5-13-4-3-8-20-17(13)22/h3-5,8-11,23H,1-2,6-7,12H2,(H,25,26). The Bertz CT molecular complexity index is 1040. The molecule has 7 nitrogen and oxygen atoms in total. The lowest BCUT2D eigenvalue weighted by Crippen LogP contribution is -2.35. The molecule has 134 valence electrons. The van der Waals surface area contributed by atoms with Crippen molar-refractivity contribution in [3.8, 4) is 5.75 Å². The van der Waals surface area contributed by atoms with E-state index in [4.69, 9.17) is 0 Å². The number of carbonyl (C=O) groups is 1. The lowest BCUT2D eigenvalue weighted by Gasteiger charge is -2.33. The second-order valence-electron chi connectivity index (χ2n) is 6.90. The number of fused-ring (bicyclic) bond motifs is 1. The van der Waals surface area contributed by atoms with Crippen LogP contribution in [0, 0.1) is 0 Å². The Morgan fingerprint density at radius 2 is 2.00 bits per heavy atom. The lowest BCUT2D eigenvalue weighted by atomic mass is 9.96. The number of carboxylic acid groups (broad SMARTS) is 1. The van der Waals surface area contributed by atoms with Gasteiger partial charge in [0.05, 0.1) is 5.54 Å². The predicted molar refractivity (Wildman–Crippen MR) is 95.5 cm³/mol. The van der Waals surface area contributed by atoms with Crippen LogP contribution in [-0.4, -0.2) is 30.3 Å². The zero-order valence-corrected chi connectivity index (χ0v) is 14.1. The second-order valence-corrected chi connectivity index (χ2v) is 6.90. The molecule has 0 atom stereocenters. The normalized spacial score (nSPS) is 16.2. The molecule has 3 heterocycles. The summed E-state index contributed by atoms with van der Waals surface area (Å²) < 4.78 is 3.77. The highest BCUT2D eigenvalue weighted by Crippen LogP contribution is 2.40. The van der Waals surface area contributed by atoms with Crippen LogP contribution in [0.25, 0.3) is 11.0 Å². The summed E-state index contributed by atoms with van der Waals surface area (Å²) in [6.07, 6.45) is 10.4. The van der Waals surface area contributed by atoms with Crippen molar-refractivity contribution in [1.29, 1.82) is 0 Å². The lowest BCUT2D eigenvalue weighted by molar-refractivity contribution is 0.0693. The van der Waals surface area contributed by atoms with Gasteiger partial charge in [0.2, 0.25) is 5.43 Å². The smallest absolute Gasteiger partial charge is 0.341 e. The Morgan fingerprint density at radius 3 is 2.73 bits per heavy atom. The molecule has 2 N–H and O–H groups in total. The van der Waals surface area contributed by atoms with Gasteiger partial charge >= 0.3 is 5.97 Å². The van der Waals surface area contributed by atoms with Gasteiger partial charge in [-0.2, -0.15) is 0 Å². The van der Waals surface area contributed by atoms with Gasteiger partial charge in [0.1, 0.15) is 11.2 Å². The van der Waals surface area contributed by atoms with E-state index in [1.165, 1.54) is 12.4 Å². The third-order valence-corrected chi connectivity index (χ3v) is 5.26. The van der Waals surface area contributed by atoms with Crippen LogP contribution in [0.5, 0.6) is 5.75 Å². The molecule has 0 unspecified atom stereocenters. The maximum absolute atomic E-state index is 11.8. The van der Waals surface area contributed by atoms with Gasteiger partial charge in [0.15, 0.2) is 5.75 Å². The van der Waals surface area contributed by atoms with Crippen molar-refractivity contribution in [2.75, 3.05) is 0 Å². The van der Waals surface area contributed by atoms with Gasteiger partial charge < -0.3 is 19.3 Å². The minimum absolute atomic E-state index is 0.270. The number of pyridine rings is 2. The highest BCUT2D eigenvalue weighted by atomic mass is 16.4. The Hall–Kier alpha value is -3.09. The number of carboxylic acids is 1. The quantitative estimate of drug-likeness (QED) is 0.751. The number of hydrogen-bond donors (Lipinski definition) is 2. The fraction of sp³-hybridized carbons (Fsp3) is 0.316. The van der Waals surface area contributed by atoms with Crippen molar-refractivity contribution >= 4 is 17.0 Å². The molecule has 1 aliphatic rings. The molecule has 26 heavy (non-hydrogen) atoms. The van der Waals surface area contributed by atoms with E-state index in [-0.39, 0.29) is 5.54 Å². The third-order valence-electron chi connectivity index (χ3n) is 5.26. The van der Waals surface area contributed by atoms with Gasteiger partial charge in [-0.25, -0.2) is 9.78 Å². The van der Waals surface area contributed by atoms with E-state index in [1.54, 1.807) is 10.8 Å². The largest absolute Gasteiger partial charge is 0.503 e. The summed E-state index contributed by atoms with van der Waals surface area (Å²) in [6, 6.07) is 5.93. The van der Waals surface area contributed by atoms with Gasteiger partial charge in [-0.05, 0) is 31.0 Å². The van der Waals surface area contributed by atoms with Gasteiger partial charge in [-0.15, -0.1) is 0 Å². The van der Waals surface area contributed by atoms with Crippen LogP contribution in [0.15, 0.2) is 47.8 Å². The maximum Gasteiger partial charge on any atom is 0.341 e. The van der Waals surface area contributed by atoms with E-state index < -0.39 is 22.7 Å². The van der Waals surface area contributed by atoms with E-state index in [2.05, 4.69) is 9.55 Å². The number of hydrogen-bond acceptors (Lipinski definition) is 4. The summed E-state index contributed by atoms with van der Waals surface area (Å²) in [6.45, 7) is 0.460. The first-order valence-electron chi connectivity index (χ1n) is 8.59. The molecule has 7 heteroatoms. The molecule has 0 spiro atoms. The fourth-order valence-electron chi connectivity index (χ4n) is 4.06. The zero-order chi connectivity index (χ0) is 18.3. The third kappa shape index (κ3) is 2.56. The molecule has 0 bridgehead atoms. The number of aromatic carboxylic acids is 1. The van der Waals surface area contributed by atoms with Crippen LogP contribution in [0.3, 0.4) is 0 Å². The van der Waals surface area contributed by atoms with E-state index in [0.29, 0.717) is 6.54 Å². The topological polar surface area (TPSA) is 97.3 Å². The summed E-state index contributed by atoms with van der Waals surface area (Å²) >= 11 is 0. The van der Waals surface area contributed by atoms with Crippen LogP contribution in [0.4, 0.5) is 0 Å². The van der Waals surface area contributed by atoms with Crippen molar-refractivity contribution in [2.45, 2.75) is 37.8 Å². The van der Waals surface area contributed by atoms with Crippen molar-refractivity contribution in [3.63, 3.8) is 0 Å². The number of aromatic nitrogens is 3.